The Bertz CT molecular complexity index is 567. The maximum Gasteiger partial charge on any atom is 0.341 e. The van der Waals surface area contributed by atoms with Gasteiger partial charge < -0.3 is 19.7 Å². The van der Waals surface area contributed by atoms with Crippen LogP contribution in [0.5, 0.6) is 0 Å². The fourth-order valence-corrected chi connectivity index (χ4v) is 3.52. The summed E-state index contributed by atoms with van der Waals surface area (Å²) in [7, 11) is 0. The van der Waals surface area contributed by atoms with Gasteiger partial charge in [0.05, 0.1) is 12.0 Å². The topological polar surface area (TPSA) is 96.3 Å². The number of carbonyl (C=O) groups is 2. The van der Waals surface area contributed by atoms with Crippen LogP contribution in [0.2, 0.25) is 0 Å². The molecule has 0 unspecified atom stereocenters. The molecule has 0 saturated carbocycles. The molecule has 0 amide bonds. The minimum absolute atomic E-state index is 0.0225. The first-order valence-electron chi connectivity index (χ1n) is 7.91. The molecule has 23 heavy (non-hydrogen) atoms. The van der Waals surface area contributed by atoms with Gasteiger partial charge in [0.2, 0.25) is 0 Å². The van der Waals surface area contributed by atoms with E-state index >= 15 is 0 Å². The van der Waals surface area contributed by atoms with Gasteiger partial charge in [0.25, 0.3) is 0 Å². The van der Waals surface area contributed by atoms with E-state index in [0.717, 1.165) is 25.6 Å². The smallest absolute Gasteiger partial charge is 0.341 e. The van der Waals surface area contributed by atoms with Gasteiger partial charge in [0.15, 0.2) is 5.60 Å². The number of esters is 2. The van der Waals surface area contributed by atoms with Gasteiger partial charge in [0, 0.05) is 13.1 Å². The molecule has 7 heteroatoms. The lowest BCUT2D eigenvalue weighted by molar-refractivity contribution is -0.205. The normalized spacial score (nSPS) is 44.9. The highest BCUT2D eigenvalue weighted by molar-refractivity contribution is 5.83. The van der Waals surface area contributed by atoms with E-state index in [9.17, 15) is 19.8 Å². The molecule has 2 N–H and O–H groups in total. The van der Waals surface area contributed by atoms with Crippen molar-refractivity contribution >= 4 is 11.9 Å². The molecule has 0 aromatic carbocycles. The first kappa shape index (κ1) is 16.4. The van der Waals surface area contributed by atoms with Gasteiger partial charge in [-0.2, -0.15) is 0 Å². The number of ether oxygens (including phenoxy) is 2. The van der Waals surface area contributed by atoms with Crippen LogP contribution >= 0.6 is 0 Å². The largest absolute Gasteiger partial charge is 0.460 e. The predicted molar refractivity (Wildman–Crippen MR) is 79.3 cm³/mol. The van der Waals surface area contributed by atoms with E-state index in [1.807, 2.05) is 6.08 Å². The molecule has 3 rings (SSSR count). The molecular formula is C16H23NO6. The summed E-state index contributed by atoms with van der Waals surface area (Å²) in [6.07, 6.45) is 2.34. The second kappa shape index (κ2) is 5.29. The average Bonchev–Trinajstić information content (AvgIpc) is 3.06. The molecule has 7 nitrogen and oxygen atoms in total. The van der Waals surface area contributed by atoms with Crippen LogP contribution in [0.3, 0.4) is 0 Å². The summed E-state index contributed by atoms with van der Waals surface area (Å²) in [4.78, 5) is 26.9. The maximum absolute atomic E-state index is 12.4. The molecule has 128 valence electrons. The van der Waals surface area contributed by atoms with E-state index in [4.69, 9.17) is 9.47 Å². The zero-order valence-electron chi connectivity index (χ0n) is 13.6. The van der Waals surface area contributed by atoms with E-state index in [-0.39, 0.29) is 18.8 Å². The Morgan fingerprint density at radius 3 is 2.70 bits per heavy atom. The zero-order valence-corrected chi connectivity index (χ0v) is 13.6. The van der Waals surface area contributed by atoms with Gasteiger partial charge in [-0.3, -0.25) is 9.69 Å². The van der Waals surface area contributed by atoms with Gasteiger partial charge in [-0.1, -0.05) is 6.08 Å². The van der Waals surface area contributed by atoms with Crippen molar-refractivity contribution in [1.29, 1.82) is 0 Å². The lowest BCUT2D eigenvalue weighted by atomic mass is 9.76. The first-order valence-corrected chi connectivity index (χ1v) is 7.91. The average molecular weight is 325 g/mol. The Hall–Kier alpha value is -1.44. The summed E-state index contributed by atoms with van der Waals surface area (Å²) in [5.74, 6) is -2.65. The minimum Gasteiger partial charge on any atom is -0.460 e. The van der Waals surface area contributed by atoms with Crippen LogP contribution in [0.15, 0.2) is 11.6 Å². The Morgan fingerprint density at radius 1 is 1.30 bits per heavy atom. The molecule has 2 fully saturated rings. The van der Waals surface area contributed by atoms with Crippen LogP contribution in [0.1, 0.15) is 27.2 Å². The van der Waals surface area contributed by atoms with Gasteiger partial charge in [-0.25, -0.2) is 4.79 Å². The summed E-state index contributed by atoms with van der Waals surface area (Å²) in [6.45, 7) is 5.41. The zero-order chi connectivity index (χ0) is 17.0. The highest BCUT2D eigenvalue weighted by Gasteiger charge is 2.56. The molecule has 2 saturated heterocycles. The SMILES string of the molecule is C[C@H]1C(=O)O[C@@H]2CCN3CC=C(COC(=O)[C@](C)(O)[C@@]1(C)O)[C@H]23. The highest BCUT2D eigenvalue weighted by atomic mass is 16.6. The molecule has 3 aliphatic heterocycles. The quantitative estimate of drug-likeness (QED) is 0.462. The van der Waals surface area contributed by atoms with Crippen LogP contribution in [-0.4, -0.2) is 70.1 Å². The Balaban J connectivity index is 1.97. The fraction of sp³-hybridized carbons (Fsp3) is 0.750. The van der Waals surface area contributed by atoms with Crippen LogP contribution in [0.25, 0.3) is 0 Å². The Kier molecular flexibility index (Phi) is 3.78. The summed E-state index contributed by atoms with van der Waals surface area (Å²) in [6, 6.07) is -0.0908. The van der Waals surface area contributed by atoms with Gasteiger partial charge >= 0.3 is 11.9 Å². The van der Waals surface area contributed by atoms with Crippen molar-refractivity contribution in [3.05, 3.63) is 11.6 Å². The monoisotopic (exact) mass is 325 g/mol. The van der Waals surface area contributed by atoms with Gasteiger partial charge in [-0.15, -0.1) is 0 Å². The van der Waals surface area contributed by atoms with Crippen LogP contribution < -0.4 is 0 Å². The van der Waals surface area contributed by atoms with Gasteiger partial charge in [0.1, 0.15) is 18.3 Å². The van der Waals surface area contributed by atoms with Crippen LogP contribution in [0.4, 0.5) is 0 Å². The summed E-state index contributed by atoms with van der Waals surface area (Å²) >= 11 is 0. The van der Waals surface area contributed by atoms with E-state index in [1.54, 1.807) is 0 Å². The fourth-order valence-electron chi connectivity index (χ4n) is 3.52. The molecule has 0 aliphatic carbocycles. The molecular weight excluding hydrogens is 302 g/mol. The summed E-state index contributed by atoms with van der Waals surface area (Å²) < 4.78 is 10.8. The second-order valence-electron chi connectivity index (χ2n) is 7.00. The molecule has 5 atom stereocenters. The van der Waals surface area contributed by atoms with Crippen molar-refractivity contribution in [3.63, 3.8) is 0 Å². The number of carbonyl (C=O) groups excluding carboxylic acids is 2. The number of hydrogen-bond donors (Lipinski definition) is 2. The third kappa shape index (κ3) is 2.38. The molecule has 3 aliphatic rings. The lowest BCUT2D eigenvalue weighted by Crippen LogP contribution is -2.61. The van der Waals surface area contributed by atoms with Crippen molar-refractivity contribution in [1.82, 2.24) is 4.90 Å². The van der Waals surface area contributed by atoms with Crippen LogP contribution in [0, 0.1) is 5.92 Å². The lowest BCUT2D eigenvalue weighted by Gasteiger charge is -2.39. The van der Waals surface area contributed by atoms with E-state index in [1.165, 1.54) is 13.8 Å². The van der Waals surface area contributed by atoms with Crippen molar-refractivity contribution in [2.45, 2.75) is 50.5 Å². The van der Waals surface area contributed by atoms with Crippen molar-refractivity contribution in [2.24, 2.45) is 5.92 Å². The van der Waals surface area contributed by atoms with Gasteiger partial charge in [-0.05, 0) is 32.8 Å². The minimum atomic E-state index is -2.22. The molecule has 3 heterocycles. The van der Waals surface area contributed by atoms with Crippen molar-refractivity contribution < 1.29 is 29.3 Å². The number of hydrogen-bond acceptors (Lipinski definition) is 7. The number of rotatable bonds is 0. The standard InChI is InChI=1S/C16H23NO6/c1-9-13(18)23-11-5-7-17-6-4-10(12(11)17)8-22-14(19)16(3,21)15(9,2)20/h4,9,11-12,20-21H,5-8H2,1-3H3/t9-,11+,12+,15-,16-/m0/s1. The number of aliphatic hydroxyl groups is 2. The van der Waals surface area contributed by atoms with E-state index < -0.39 is 29.1 Å². The van der Waals surface area contributed by atoms with E-state index in [2.05, 4.69) is 4.90 Å². The van der Waals surface area contributed by atoms with E-state index in [0.29, 0.717) is 6.42 Å². The molecule has 0 bridgehead atoms. The first-order chi connectivity index (χ1) is 10.7. The Morgan fingerprint density at radius 2 is 2.00 bits per heavy atom. The van der Waals surface area contributed by atoms with Crippen molar-refractivity contribution in [3.8, 4) is 0 Å². The highest BCUT2D eigenvalue weighted by Crippen LogP contribution is 2.36. The molecule has 0 aromatic heterocycles. The third-order valence-corrected chi connectivity index (χ3v) is 5.63. The molecule has 0 spiro atoms. The number of cyclic esters (lactones) is 1. The van der Waals surface area contributed by atoms with Crippen LogP contribution in [-0.2, 0) is 19.1 Å². The third-order valence-electron chi connectivity index (χ3n) is 5.63. The second-order valence-corrected chi connectivity index (χ2v) is 7.00. The molecule has 0 radical (unpaired) electrons. The summed E-state index contributed by atoms with van der Waals surface area (Å²) in [5.41, 5.74) is -3.35. The number of nitrogens with zero attached hydrogens (tertiary/aromatic N) is 1. The predicted octanol–water partition coefficient (Wildman–Crippen LogP) is -0.393. The molecule has 0 aromatic rings. The maximum atomic E-state index is 12.4. The van der Waals surface area contributed by atoms with Crippen molar-refractivity contribution in [2.75, 3.05) is 19.7 Å². The summed E-state index contributed by atoms with van der Waals surface area (Å²) in [5, 5.41) is 21.1. The Labute approximate surface area is 134 Å².